The summed E-state index contributed by atoms with van der Waals surface area (Å²) in [5.41, 5.74) is 2.37. The largest absolute Gasteiger partial charge is 0.345 e. The lowest BCUT2D eigenvalue weighted by molar-refractivity contribution is -0.125. The molecule has 0 saturated heterocycles. The Bertz CT molecular complexity index is 933. The number of nitrogens with zero attached hydrogens (tertiary/aromatic N) is 3. The topological polar surface area (TPSA) is 83.6 Å². The summed E-state index contributed by atoms with van der Waals surface area (Å²) in [6, 6.07) is 1.74. The third-order valence-corrected chi connectivity index (χ3v) is 3.79. The van der Waals surface area contributed by atoms with Crippen LogP contribution in [0.2, 0.25) is 5.02 Å². The number of halogens is 4. The number of fused-ring (bicyclic) bond motifs is 1. The second-order valence-electron chi connectivity index (χ2n) is 5.45. The third-order valence-electron chi connectivity index (χ3n) is 3.59. The van der Waals surface area contributed by atoms with E-state index in [2.05, 4.69) is 19.9 Å². The van der Waals surface area contributed by atoms with E-state index in [9.17, 15) is 18.0 Å². The lowest BCUT2D eigenvalue weighted by Crippen LogP contribution is -2.36. The average molecular weight is 384 g/mol. The average Bonchev–Trinajstić information content (AvgIpc) is 3.03. The highest BCUT2D eigenvalue weighted by Crippen LogP contribution is 2.27. The van der Waals surface area contributed by atoms with Crippen molar-refractivity contribution in [3.05, 3.63) is 41.6 Å². The Balaban J connectivity index is 1.74. The summed E-state index contributed by atoms with van der Waals surface area (Å²) in [5.74, 6) is -0.826. The van der Waals surface area contributed by atoms with Gasteiger partial charge < -0.3 is 10.3 Å². The van der Waals surface area contributed by atoms with E-state index < -0.39 is 18.6 Å². The molecule has 136 valence electrons. The fraction of sp³-hybridized carbons (Fsp3) is 0.250. The number of carbonyl (C=O) groups is 1. The summed E-state index contributed by atoms with van der Waals surface area (Å²) in [4.78, 5) is 27.2. The minimum Gasteiger partial charge on any atom is -0.345 e. The van der Waals surface area contributed by atoms with E-state index in [4.69, 9.17) is 11.6 Å². The number of aromatic nitrogens is 4. The highest BCUT2D eigenvalue weighted by Gasteiger charge is 2.21. The SMILES string of the molecule is O=C(CCc1cncc(-c2c[nH]c3ncc(Cl)cc23)n1)NC(F)C(F)F. The van der Waals surface area contributed by atoms with E-state index in [0.29, 0.717) is 22.1 Å². The summed E-state index contributed by atoms with van der Waals surface area (Å²) < 4.78 is 37.0. The van der Waals surface area contributed by atoms with Crippen molar-refractivity contribution in [2.75, 3.05) is 0 Å². The number of aromatic amines is 1. The van der Waals surface area contributed by atoms with Crippen molar-refractivity contribution in [1.82, 2.24) is 25.3 Å². The Hall–Kier alpha value is -2.68. The molecule has 6 nitrogen and oxygen atoms in total. The number of rotatable bonds is 6. The van der Waals surface area contributed by atoms with E-state index >= 15 is 0 Å². The normalized spacial score (nSPS) is 12.5. The lowest BCUT2D eigenvalue weighted by atomic mass is 10.1. The van der Waals surface area contributed by atoms with Crippen molar-refractivity contribution >= 4 is 28.5 Å². The molecule has 3 aromatic rings. The van der Waals surface area contributed by atoms with Crippen LogP contribution in [0, 0.1) is 0 Å². The van der Waals surface area contributed by atoms with Crippen LogP contribution < -0.4 is 5.32 Å². The van der Waals surface area contributed by atoms with E-state index in [-0.39, 0.29) is 12.8 Å². The molecule has 0 aliphatic rings. The van der Waals surface area contributed by atoms with Crippen LogP contribution in [-0.4, -0.2) is 38.6 Å². The molecular formula is C16H13ClF3N5O. The highest BCUT2D eigenvalue weighted by molar-refractivity contribution is 6.31. The van der Waals surface area contributed by atoms with E-state index in [0.717, 1.165) is 10.9 Å². The molecule has 0 aliphatic carbocycles. The number of alkyl halides is 3. The first kappa shape index (κ1) is 18.1. The van der Waals surface area contributed by atoms with Crippen LogP contribution in [0.4, 0.5) is 13.2 Å². The quantitative estimate of drug-likeness (QED) is 0.640. The summed E-state index contributed by atoms with van der Waals surface area (Å²) >= 11 is 5.97. The fourth-order valence-electron chi connectivity index (χ4n) is 2.38. The summed E-state index contributed by atoms with van der Waals surface area (Å²) in [6.07, 6.45) is 0.232. The van der Waals surface area contributed by atoms with Gasteiger partial charge in [-0.1, -0.05) is 11.6 Å². The highest BCUT2D eigenvalue weighted by atomic mass is 35.5. The van der Waals surface area contributed by atoms with Gasteiger partial charge in [0.05, 0.1) is 22.6 Å². The standard InChI is InChI=1S/C16H13ClF3N5O/c17-8-3-10-11(6-23-16(10)22-4-8)12-7-21-5-9(24-12)1-2-13(26)25-15(20)14(18)19/h3-7,14-15H,1-2H2,(H,22,23)(H,25,26). The molecule has 0 spiro atoms. The Labute approximate surface area is 150 Å². The third kappa shape index (κ3) is 4.10. The number of pyridine rings is 1. The van der Waals surface area contributed by atoms with Crippen LogP contribution >= 0.6 is 11.6 Å². The van der Waals surface area contributed by atoms with Crippen molar-refractivity contribution in [3.63, 3.8) is 0 Å². The first-order valence-corrected chi connectivity index (χ1v) is 7.97. The molecule has 1 amide bonds. The number of carbonyl (C=O) groups excluding carboxylic acids is 1. The first-order chi connectivity index (χ1) is 12.4. The fourth-order valence-corrected chi connectivity index (χ4v) is 2.53. The van der Waals surface area contributed by atoms with Crippen LogP contribution in [0.3, 0.4) is 0 Å². The summed E-state index contributed by atoms with van der Waals surface area (Å²) in [6.45, 7) is 0. The number of aryl methyl sites for hydroxylation is 1. The Kier molecular flexibility index (Phi) is 5.36. The Morgan fingerprint density at radius 1 is 1.27 bits per heavy atom. The van der Waals surface area contributed by atoms with Gasteiger partial charge in [0.25, 0.3) is 6.43 Å². The van der Waals surface area contributed by atoms with Crippen LogP contribution in [0.1, 0.15) is 12.1 Å². The van der Waals surface area contributed by atoms with Crippen LogP contribution in [0.25, 0.3) is 22.3 Å². The van der Waals surface area contributed by atoms with Crippen molar-refractivity contribution < 1.29 is 18.0 Å². The molecule has 0 saturated carbocycles. The monoisotopic (exact) mass is 383 g/mol. The van der Waals surface area contributed by atoms with Gasteiger partial charge in [-0.3, -0.25) is 9.78 Å². The van der Waals surface area contributed by atoms with Gasteiger partial charge in [0.2, 0.25) is 12.2 Å². The smallest absolute Gasteiger partial charge is 0.287 e. The van der Waals surface area contributed by atoms with Crippen molar-refractivity contribution in [1.29, 1.82) is 0 Å². The number of hydrogen-bond donors (Lipinski definition) is 2. The maximum atomic E-state index is 12.8. The van der Waals surface area contributed by atoms with E-state index in [1.165, 1.54) is 12.4 Å². The molecule has 0 aromatic carbocycles. The molecule has 1 atom stereocenters. The Morgan fingerprint density at radius 2 is 2.08 bits per heavy atom. The van der Waals surface area contributed by atoms with Crippen molar-refractivity contribution in [3.8, 4) is 11.3 Å². The molecule has 1 unspecified atom stereocenters. The second kappa shape index (κ2) is 7.69. The summed E-state index contributed by atoms with van der Waals surface area (Å²) in [7, 11) is 0. The molecule has 0 radical (unpaired) electrons. The lowest BCUT2D eigenvalue weighted by Gasteiger charge is -2.09. The molecule has 26 heavy (non-hydrogen) atoms. The molecule has 3 aromatic heterocycles. The van der Waals surface area contributed by atoms with Gasteiger partial charge in [0.15, 0.2) is 0 Å². The van der Waals surface area contributed by atoms with Crippen molar-refractivity contribution in [2.24, 2.45) is 0 Å². The van der Waals surface area contributed by atoms with Gasteiger partial charge in [-0.2, -0.15) is 0 Å². The minimum absolute atomic E-state index is 0.129. The van der Waals surface area contributed by atoms with Crippen LogP contribution in [-0.2, 0) is 11.2 Å². The first-order valence-electron chi connectivity index (χ1n) is 7.59. The second-order valence-corrected chi connectivity index (χ2v) is 5.89. The molecule has 10 heteroatoms. The maximum Gasteiger partial charge on any atom is 0.287 e. The molecule has 0 bridgehead atoms. The molecular weight excluding hydrogens is 371 g/mol. The van der Waals surface area contributed by atoms with Gasteiger partial charge in [-0.15, -0.1) is 0 Å². The van der Waals surface area contributed by atoms with Gasteiger partial charge in [0, 0.05) is 36.0 Å². The summed E-state index contributed by atoms with van der Waals surface area (Å²) in [5, 5.41) is 2.82. The van der Waals surface area contributed by atoms with Crippen LogP contribution in [0.5, 0.6) is 0 Å². The Morgan fingerprint density at radius 3 is 2.85 bits per heavy atom. The van der Waals surface area contributed by atoms with Gasteiger partial charge in [0.1, 0.15) is 5.65 Å². The minimum atomic E-state index is -3.26. The number of nitrogens with one attached hydrogen (secondary N) is 2. The molecule has 0 aliphatic heterocycles. The predicted molar refractivity (Wildman–Crippen MR) is 89.5 cm³/mol. The van der Waals surface area contributed by atoms with Gasteiger partial charge in [-0.25, -0.2) is 23.1 Å². The molecule has 2 N–H and O–H groups in total. The molecule has 3 heterocycles. The predicted octanol–water partition coefficient (Wildman–Crippen LogP) is 3.28. The number of H-pyrrole nitrogens is 1. The van der Waals surface area contributed by atoms with E-state index in [1.54, 1.807) is 23.8 Å². The number of hydrogen-bond acceptors (Lipinski definition) is 4. The van der Waals surface area contributed by atoms with E-state index in [1.807, 2.05) is 0 Å². The van der Waals surface area contributed by atoms with Gasteiger partial charge >= 0.3 is 0 Å². The zero-order valence-electron chi connectivity index (χ0n) is 13.2. The van der Waals surface area contributed by atoms with Crippen molar-refractivity contribution in [2.45, 2.75) is 25.6 Å². The zero-order chi connectivity index (χ0) is 18.7. The molecule has 0 fully saturated rings. The molecule has 3 rings (SSSR count). The number of amides is 1. The zero-order valence-corrected chi connectivity index (χ0v) is 14.0. The van der Waals surface area contributed by atoms with Gasteiger partial charge in [-0.05, 0) is 12.5 Å². The maximum absolute atomic E-state index is 12.8. The van der Waals surface area contributed by atoms with Crippen LogP contribution in [0.15, 0.2) is 30.9 Å².